The smallest absolute Gasteiger partial charge is 0.303 e. The molecule has 0 aromatic carbocycles. The van der Waals surface area contributed by atoms with E-state index in [-0.39, 0.29) is 6.42 Å². The van der Waals surface area contributed by atoms with Crippen molar-refractivity contribution in [3.8, 4) is 0 Å². The van der Waals surface area contributed by atoms with Crippen LogP contribution in [0.2, 0.25) is 0 Å². The Labute approximate surface area is 146 Å². The molecule has 0 rings (SSSR count). The van der Waals surface area contributed by atoms with Gasteiger partial charge in [-0.2, -0.15) is 0 Å². The Morgan fingerprint density at radius 1 is 1.00 bits per heavy atom. The summed E-state index contributed by atoms with van der Waals surface area (Å²) in [6.07, 6.45) is 23.6. The number of hydrogen-bond donors (Lipinski definition) is 2. The summed E-state index contributed by atoms with van der Waals surface area (Å²) in [7, 11) is 0. The Morgan fingerprint density at radius 2 is 1.71 bits per heavy atom. The van der Waals surface area contributed by atoms with Gasteiger partial charge in [0.2, 0.25) is 0 Å². The summed E-state index contributed by atoms with van der Waals surface area (Å²) in [6, 6.07) is 0. The quantitative estimate of drug-likeness (QED) is 0.133. The predicted octanol–water partition coefficient (Wildman–Crippen LogP) is 5.68. The standard InChI is InChI=1S/C20H32O4/c1-2-3-4-5-6-7-8-9-10-11-12-13-14-16-19(24-23)17-15-18-20(21)22/h6-7,9-10,12-14,16,19,23H,2-5,8,11,15,17-18H2,1H3,(H,21,22)/b7-6+,10-9+,13-12+,16-14+/t19-/m1/s1. The highest BCUT2D eigenvalue weighted by atomic mass is 17.1. The van der Waals surface area contributed by atoms with Crippen molar-refractivity contribution in [3.05, 3.63) is 48.6 Å². The van der Waals surface area contributed by atoms with E-state index in [1.54, 1.807) is 6.08 Å². The van der Waals surface area contributed by atoms with Gasteiger partial charge in [-0.3, -0.25) is 10.1 Å². The molecule has 0 saturated carbocycles. The van der Waals surface area contributed by atoms with Gasteiger partial charge >= 0.3 is 5.97 Å². The monoisotopic (exact) mass is 336 g/mol. The van der Waals surface area contributed by atoms with Crippen LogP contribution < -0.4 is 0 Å². The van der Waals surface area contributed by atoms with Crippen LogP contribution >= 0.6 is 0 Å². The molecule has 4 heteroatoms. The van der Waals surface area contributed by atoms with Crippen LogP contribution in [-0.4, -0.2) is 22.4 Å². The summed E-state index contributed by atoms with van der Waals surface area (Å²) in [5, 5.41) is 17.3. The van der Waals surface area contributed by atoms with E-state index in [0.29, 0.717) is 12.8 Å². The van der Waals surface area contributed by atoms with Gasteiger partial charge in [0.1, 0.15) is 6.10 Å². The van der Waals surface area contributed by atoms with Crippen LogP contribution in [0.3, 0.4) is 0 Å². The topological polar surface area (TPSA) is 66.8 Å². The van der Waals surface area contributed by atoms with Crippen LogP contribution in [-0.2, 0) is 9.68 Å². The Hall–Kier alpha value is -1.65. The summed E-state index contributed by atoms with van der Waals surface area (Å²) >= 11 is 0. The fraction of sp³-hybridized carbons (Fsp3) is 0.550. The Kier molecular flexibility index (Phi) is 16.5. The Bertz CT molecular complexity index is 408. The van der Waals surface area contributed by atoms with Crippen LogP contribution in [0.1, 0.15) is 64.7 Å². The van der Waals surface area contributed by atoms with Crippen molar-refractivity contribution in [2.24, 2.45) is 0 Å². The fourth-order valence-electron chi connectivity index (χ4n) is 2.06. The number of carboxylic acids is 1. The lowest BCUT2D eigenvalue weighted by atomic mass is 10.1. The van der Waals surface area contributed by atoms with E-state index in [9.17, 15) is 4.79 Å². The minimum absolute atomic E-state index is 0.0847. The highest BCUT2D eigenvalue weighted by Crippen LogP contribution is 2.06. The SMILES string of the molecule is CCCCC/C=C/C/C=C/C/C=C/C=C/[C@H](CCCC(=O)O)OO. The molecule has 0 aliphatic rings. The predicted molar refractivity (Wildman–Crippen MR) is 98.9 cm³/mol. The number of aliphatic carboxylic acids is 1. The van der Waals surface area contributed by atoms with Crippen molar-refractivity contribution in [1.29, 1.82) is 0 Å². The van der Waals surface area contributed by atoms with Crippen molar-refractivity contribution < 1.29 is 20.0 Å². The number of rotatable bonds is 15. The van der Waals surface area contributed by atoms with Gasteiger partial charge in [0.05, 0.1) is 0 Å². The van der Waals surface area contributed by atoms with E-state index < -0.39 is 12.1 Å². The van der Waals surface area contributed by atoms with Crippen LogP contribution in [0.5, 0.6) is 0 Å². The van der Waals surface area contributed by atoms with Gasteiger partial charge in [0, 0.05) is 6.42 Å². The molecule has 0 aliphatic carbocycles. The molecule has 136 valence electrons. The largest absolute Gasteiger partial charge is 0.481 e. The molecule has 0 radical (unpaired) electrons. The molecule has 0 fully saturated rings. The number of carbonyl (C=O) groups is 1. The molecule has 1 atom stereocenters. The molecule has 2 N–H and O–H groups in total. The summed E-state index contributed by atoms with van der Waals surface area (Å²) in [5.74, 6) is -0.835. The van der Waals surface area contributed by atoms with E-state index in [0.717, 1.165) is 12.8 Å². The third-order valence-electron chi connectivity index (χ3n) is 3.44. The zero-order chi connectivity index (χ0) is 17.9. The lowest BCUT2D eigenvalue weighted by Gasteiger charge is -2.06. The number of hydrogen-bond acceptors (Lipinski definition) is 3. The lowest BCUT2D eigenvalue weighted by molar-refractivity contribution is -0.267. The molecular formula is C20H32O4. The molecule has 0 aliphatic heterocycles. The van der Waals surface area contributed by atoms with Gasteiger partial charge in [-0.15, -0.1) is 0 Å². The highest BCUT2D eigenvalue weighted by Gasteiger charge is 2.05. The van der Waals surface area contributed by atoms with Crippen molar-refractivity contribution in [3.63, 3.8) is 0 Å². The number of unbranched alkanes of at least 4 members (excludes halogenated alkanes) is 3. The first-order chi connectivity index (χ1) is 11.7. The molecule has 0 spiro atoms. The Morgan fingerprint density at radius 3 is 2.38 bits per heavy atom. The molecule has 0 aromatic rings. The first-order valence-corrected chi connectivity index (χ1v) is 8.86. The molecule has 0 amide bonds. The second-order valence-corrected chi connectivity index (χ2v) is 5.65. The van der Waals surface area contributed by atoms with Gasteiger partial charge in [0.15, 0.2) is 0 Å². The first-order valence-electron chi connectivity index (χ1n) is 8.86. The van der Waals surface area contributed by atoms with Crippen molar-refractivity contribution >= 4 is 5.97 Å². The maximum atomic E-state index is 10.4. The zero-order valence-electron chi connectivity index (χ0n) is 14.8. The zero-order valence-corrected chi connectivity index (χ0v) is 14.8. The second kappa shape index (κ2) is 17.7. The Balaban J connectivity index is 3.74. The molecular weight excluding hydrogens is 304 g/mol. The second-order valence-electron chi connectivity index (χ2n) is 5.65. The normalized spacial score (nSPS) is 13.8. The maximum Gasteiger partial charge on any atom is 0.303 e. The molecule has 0 saturated heterocycles. The third-order valence-corrected chi connectivity index (χ3v) is 3.44. The summed E-state index contributed by atoms with van der Waals surface area (Å²) in [4.78, 5) is 14.7. The van der Waals surface area contributed by atoms with Gasteiger partial charge in [-0.1, -0.05) is 68.4 Å². The summed E-state index contributed by atoms with van der Waals surface area (Å²) < 4.78 is 0. The highest BCUT2D eigenvalue weighted by molar-refractivity contribution is 5.66. The average Bonchev–Trinajstić information content (AvgIpc) is 2.57. The number of allylic oxidation sites excluding steroid dienone is 7. The van der Waals surface area contributed by atoms with E-state index in [4.69, 9.17) is 10.4 Å². The van der Waals surface area contributed by atoms with Gasteiger partial charge in [-0.25, -0.2) is 4.89 Å². The average molecular weight is 336 g/mol. The number of carboxylic acid groups (broad SMARTS) is 1. The fourth-order valence-corrected chi connectivity index (χ4v) is 2.06. The molecule has 0 heterocycles. The van der Waals surface area contributed by atoms with Gasteiger partial charge < -0.3 is 5.11 Å². The third kappa shape index (κ3) is 16.7. The summed E-state index contributed by atoms with van der Waals surface area (Å²) in [5.41, 5.74) is 0. The van der Waals surface area contributed by atoms with Crippen LogP contribution in [0.4, 0.5) is 0 Å². The molecule has 0 aromatic heterocycles. The molecule has 4 nitrogen and oxygen atoms in total. The summed E-state index contributed by atoms with van der Waals surface area (Å²) in [6.45, 7) is 2.21. The minimum atomic E-state index is -0.835. The van der Waals surface area contributed by atoms with E-state index in [1.165, 1.54) is 25.7 Å². The van der Waals surface area contributed by atoms with E-state index in [1.807, 2.05) is 18.2 Å². The van der Waals surface area contributed by atoms with Crippen LogP contribution in [0.25, 0.3) is 0 Å². The van der Waals surface area contributed by atoms with Gasteiger partial charge in [-0.05, 0) is 38.5 Å². The van der Waals surface area contributed by atoms with Crippen LogP contribution in [0.15, 0.2) is 48.6 Å². The van der Waals surface area contributed by atoms with E-state index in [2.05, 4.69) is 36.1 Å². The van der Waals surface area contributed by atoms with Crippen LogP contribution in [0, 0.1) is 0 Å². The van der Waals surface area contributed by atoms with Crippen molar-refractivity contribution in [2.45, 2.75) is 70.8 Å². The molecule has 0 unspecified atom stereocenters. The van der Waals surface area contributed by atoms with E-state index >= 15 is 0 Å². The first kappa shape index (κ1) is 22.4. The molecule has 24 heavy (non-hydrogen) atoms. The lowest BCUT2D eigenvalue weighted by Crippen LogP contribution is -2.08. The molecule has 0 bridgehead atoms. The maximum absolute atomic E-state index is 10.4. The van der Waals surface area contributed by atoms with Gasteiger partial charge in [0.25, 0.3) is 0 Å². The minimum Gasteiger partial charge on any atom is -0.481 e. The van der Waals surface area contributed by atoms with Crippen molar-refractivity contribution in [1.82, 2.24) is 0 Å². The van der Waals surface area contributed by atoms with Crippen molar-refractivity contribution in [2.75, 3.05) is 0 Å².